The Morgan fingerprint density at radius 1 is 1.40 bits per heavy atom. The molecule has 1 aromatic heterocycles. The molecule has 0 saturated carbocycles. The van der Waals surface area contributed by atoms with Gasteiger partial charge >= 0.3 is 0 Å². The zero-order valence-electron chi connectivity index (χ0n) is 10.9. The van der Waals surface area contributed by atoms with Gasteiger partial charge in [0.15, 0.2) is 0 Å². The number of carbonyl (C=O) groups excluding carboxylic acids is 1. The van der Waals surface area contributed by atoms with Crippen LogP contribution in [-0.2, 0) is 17.8 Å². The predicted octanol–water partition coefficient (Wildman–Crippen LogP) is 0.947. The van der Waals surface area contributed by atoms with Gasteiger partial charge in [0.1, 0.15) is 5.82 Å². The van der Waals surface area contributed by atoms with Gasteiger partial charge in [-0.1, -0.05) is 17.3 Å². The number of hydrogen-bond donors (Lipinski definition) is 2. The number of aryl methyl sites for hydroxylation is 1. The first-order valence-corrected chi connectivity index (χ1v) is 6.32. The minimum Gasteiger partial charge on any atom is -0.330 e. The van der Waals surface area contributed by atoms with Crippen molar-refractivity contribution in [2.24, 2.45) is 5.73 Å². The van der Waals surface area contributed by atoms with E-state index in [4.69, 9.17) is 5.73 Å². The average molecular weight is 277 g/mol. The van der Waals surface area contributed by atoms with E-state index in [1.807, 2.05) is 0 Å². The van der Waals surface area contributed by atoms with Crippen molar-refractivity contribution in [2.45, 2.75) is 19.4 Å². The van der Waals surface area contributed by atoms with E-state index >= 15 is 0 Å². The highest BCUT2D eigenvalue weighted by Crippen LogP contribution is 2.12. The number of nitrogens with two attached hydrogens (primary N) is 1. The van der Waals surface area contributed by atoms with Crippen molar-refractivity contribution in [3.63, 3.8) is 0 Å². The fraction of sp³-hybridized carbons (Fsp3) is 0.308. The third-order valence-electron chi connectivity index (χ3n) is 2.70. The second-order valence-corrected chi connectivity index (χ2v) is 4.29. The Morgan fingerprint density at radius 2 is 2.20 bits per heavy atom. The van der Waals surface area contributed by atoms with Crippen molar-refractivity contribution in [1.29, 1.82) is 0 Å². The lowest BCUT2D eigenvalue weighted by atomic mass is 10.3. The second kappa shape index (κ2) is 6.76. The summed E-state index contributed by atoms with van der Waals surface area (Å²) >= 11 is 0. The van der Waals surface area contributed by atoms with E-state index in [-0.39, 0.29) is 18.0 Å². The monoisotopic (exact) mass is 277 g/mol. The minimum absolute atomic E-state index is 0.180. The number of hydrogen-bond acceptors (Lipinski definition) is 4. The molecule has 0 fully saturated rings. The van der Waals surface area contributed by atoms with Crippen LogP contribution in [0, 0.1) is 5.82 Å². The Hall–Kier alpha value is -2.28. The van der Waals surface area contributed by atoms with Crippen LogP contribution in [0.5, 0.6) is 0 Å². The molecule has 20 heavy (non-hydrogen) atoms. The van der Waals surface area contributed by atoms with Gasteiger partial charge in [0.2, 0.25) is 5.91 Å². The molecule has 2 aromatic rings. The van der Waals surface area contributed by atoms with Gasteiger partial charge < -0.3 is 11.1 Å². The van der Waals surface area contributed by atoms with Gasteiger partial charge in [-0.05, 0) is 18.7 Å². The number of anilines is 1. The maximum absolute atomic E-state index is 13.3. The van der Waals surface area contributed by atoms with Crippen LogP contribution in [0.25, 0.3) is 0 Å². The molecule has 3 N–H and O–H groups in total. The summed E-state index contributed by atoms with van der Waals surface area (Å²) in [4.78, 5) is 11.7. The molecule has 0 aliphatic heterocycles. The highest BCUT2D eigenvalue weighted by molar-refractivity contribution is 5.90. The summed E-state index contributed by atoms with van der Waals surface area (Å²) in [6, 6.07) is 6.04. The van der Waals surface area contributed by atoms with Crippen molar-refractivity contribution >= 4 is 11.6 Å². The standard InChI is InChI=1S/C13H16FN5O/c14-11-3-1-2-4-12(11)16-13(20)6-8-19-9-10(5-7-15)17-18-19/h1-4,9H,5-8,15H2,(H,16,20). The van der Waals surface area contributed by atoms with E-state index in [2.05, 4.69) is 15.6 Å². The van der Waals surface area contributed by atoms with Crippen LogP contribution in [0.4, 0.5) is 10.1 Å². The largest absolute Gasteiger partial charge is 0.330 e. The number of aromatic nitrogens is 3. The lowest BCUT2D eigenvalue weighted by Gasteiger charge is -2.05. The third-order valence-corrected chi connectivity index (χ3v) is 2.70. The summed E-state index contributed by atoms with van der Waals surface area (Å²) in [5, 5.41) is 10.3. The van der Waals surface area contributed by atoms with Crippen molar-refractivity contribution in [1.82, 2.24) is 15.0 Å². The number of carbonyl (C=O) groups is 1. The summed E-state index contributed by atoms with van der Waals surface area (Å²) < 4.78 is 14.9. The fourth-order valence-corrected chi connectivity index (χ4v) is 1.70. The Kier molecular flexibility index (Phi) is 4.78. The summed E-state index contributed by atoms with van der Waals surface area (Å²) in [5.41, 5.74) is 6.39. The molecule has 0 saturated heterocycles. The summed E-state index contributed by atoms with van der Waals surface area (Å²) in [5.74, 6) is -0.724. The smallest absolute Gasteiger partial charge is 0.226 e. The Morgan fingerprint density at radius 3 is 2.95 bits per heavy atom. The fourth-order valence-electron chi connectivity index (χ4n) is 1.70. The molecule has 6 nitrogen and oxygen atoms in total. The SMILES string of the molecule is NCCc1cn(CCC(=O)Nc2ccccc2F)nn1. The highest BCUT2D eigenvalue weighted by atomic mass is 19.1. The molecule has 106 valence electrons. The number of halogens is 1. The van der Waals surface area contributed by atoms with Crippen LogP contribution < -0.4 is 11.1 Å². The zero-order valence-corrected chi connectivity index (χ0v) is 10.9. The quantitative estimate of drug-likeness (QED) is 0.823. The molecular weight excluding hydrogens is 261 g/mol. The first-order chi connectivity index (χ1) is 9.69. The van der Waals surface area contributed by atoms with Crippen LogP contribution in [-0.4, -0.2) is 27.4 Å². The maximum atomic E-state index is 13.3. The van der Waals surface area contributed by atoms with Gasteiger partial charge in [-0.15, -0.1) is 5.10 Å². The maximum Gasteiger partial charge on any atom is 0.226 e. The molecule has 0 atom stereocenters. The van der Waals surface area contributed by atoms with Crippen LogP contribution in [0.3, 0.4) is 0 Å². The van der Waals surface area contributed by atoms with E-state index in [1.54, 1.807) is 23.0 Å². The van der Waals surface area contributed by atoms with Crippen molar-refractivity contribution in [3.05, 3.63) is 42.0 Å². The number of benzene rings is 1. The predicted molar refractivity (Wildman–Crippen MR) is 72.4 cm³/mol. The molecule has 1 heterocycles. The average Bonchev–Trinajstić information content (AvgIpc) is 2.87. The number of para-hydroxylation sites is 1. The first-order valence-electron chi connectivity index (χ1n) is 6.32. The Labute approximate surface area is 115 Å². The van der Waals surface area contributed by atoms with Gasteiger partial charge in [-0.3, -0.25) is 9.48 Å². The summed E-state index contributed by atoms with van der Waals surface area (Å²) in [6.07, 6.45) is 2.60. The molecular formula is C13H16FN5O. The van der Waals surface area contributed by atoms with Crippen molar-refractivity contribution in [2.75, 3.05) is 11.9 Å². The van der Waals surface area contributed by atoms with Crippen LogP contribution >= 0.6 is 0 Å². The van der Waals surface area contributed by atoms with Crippen molar-refractivity contribution < 1.29 is 9.18 Å². The number of nitrogens with zero attached hydrogens (tertiary/aromatic N) is 3. The highest BCUT2D eigenvalue weighted by Gasteiger charge is 2.07. The van der Waals surface area contributed by atoms with Crippen LogP contribution in [0.15, 0.2) is 30.5 Å². The molecule has 0 aliphatic carbocycles. The molecule has 0 radical (unpaired) electrons. The van der Waals surface area contributed by atoms with Gasteiger partial charge in [0.05, 0.1) is 17.9 Å². The lowest BCUT2D eigenvalue weighted by molar-refractivity contribution is -0.116. The van der Waals surface area contributed by atoms with Gasteiger partial charge in [0.25, 0.3) is 0 Å². The number of nitrogens with one attached hydrogen (secondary N) is 1. The second-order valence-electron chi connectivity index (χ2n) is 4.29. The first kappa shape index (κ1) is 14.1. The molecule has 0 bridgehead atoms. The topological polar surface area (TPSA) is 85.8 Å². The summed E-state index contributed by atoms with van der Waals surface area (Å²) in [6.45, 7) is 0.893. The van der Waals surface area contributed by atoms with Gasteiger partial charge in [-0.25, -0.2) is 4.39 Å². The normalized spacial score (nSPS) is 10.5. The molecule has 1 aromatic carbocycles. The summed E-state index contributed by atoms with van der Waals surface area (Å²) in [7, 11) is 0. The van der Waals surface area contributed by atoms with E-state index in [0.29, 0.717) is 19.5 Å². The number of rotatable bonds is 6. The minimum atomic E-state index is -0.452. The lowest BCUT2D eigenvalue weighted by Crippen LogP contribution is -2.15. The Balaban J connectivity index is 1.84. The third kappa shape index (κ3) is 3.86. The molecule has 1 amide bonds. The van der Waals surface area contributed by atoms with Crippen LogP contribution in [0.2, 0.25) is 0 Å². The molecule has 2 rings (SSSR count). The van der Waals surface area contributed by atoms with E-state index in [0.717, 1.165) is 5.69 Å². The van der Waals surface area contributed by atoms with Crippen LogP contribution in [0.1, 0.15) is 12.1 Å². The number of amides is 1. The molecule has 0 spiro atoms. The van der Waals surface area contributed by atoms with E-state index in [1.165, 1.54) is 12.1 Å². The van der Waals surface area contributed by atoms with Crippen molar-refractivity contribution in [3.8, 4) is 0 Å². The zero-order chi connectivity index (χ0) is 14.4. The Bertz CT molecular complexity index is 584. The van der Waals surface area contributed by atoms with Gasteiger partial charge in [0, 0.05) is 19.0 Å². The van der Waals surface area contributed by atoms with E-state index in [9.17, 15) is 9.18 Å². The van der Waals surface area contributed by atoms with E-state index < -0.39 is 5.82 Å². The molecule has 0 unspecified atom stereocenters. The van der Waals surface area contributed by atoms with Gasteiger partial charge in [-0.2, -0.15) is 0 Å². The molecule has 0 aliphatic rings. The molecule has 7 heteroatoms.